The maximum absolute atomic E-state index is 14.0. The Kier molecular flexibility index (Phi) is 6.63. The number of pyridine rings is 1. The highest BCUT2D eigenvalue weighted by molar-refractivity contribution is 9.10. The SMILES string of the molecule is COC(=O)c1cccc(-c2c(CO)[nH]c(=O)c(Br)c2OCc2ccc(F)cc2F)c1. The van der Waals surface area contributed by atoms with Crippen molar-refractivity contribution in [3.63, 3.8) is 0 Å². The Bertz CT molecular complexity index is 1160. The van der Waals surface area contributed by atoms with Gasteiger partial charge in [-0.25, -0.2) is 13.6 Å². The molecule has 1 heterocycles. The van der Waals surface area contributed by atoms with Gasteiger partial charge < -0.3 is 19.6 Å². The van der Waals surface area contributed by atoms with Gasteiger partial charge in [-0.15, -0.1) is 0 Å². The summed E-state index contributed by atoms with van der Waals surface area (Å²) in [5.41, 5.74) is 0.646. The van der Waals surface area contributed by atoms with Gasteiger partial charge >= 0.3 is 5.97 Å². The quantitative estimate of drug-likeness (QED) is 0.522. The second-order valence-corrected chi connectivity index (χ2v) is 7.00. The fourth-order valence-electron chi connectivity index (χ4n) is 2.87. The summed E-state index contributed by atoms with van der Waals surface area (Å²) in [5.74, 6) is -2.06. The summed E-state index contributed by atoms with van der Waals surface area (Å²) < 4.78 is 37.6. The van der Waals surface area contributed by atoms with Crippen molar-refractivity contribution in [2.45, 2.75) is 13.2 Å². The Morgan fingerprint density at radius 2 is 1.97 bits per heavy atom. The van der Waals surface area contributed by atoms with Gasteiger partial charge in [-0.1, -0.05) is 12.1 Å². The van der Waals surface area contributed by atoms with E-state index in [1.807, 2.05) is 0 Å². The third kappa shape index (κ3) is 4.42. The lowest BCUT2D eigenvalue weighted by Crippen LogP contribution is -2.15. The Labute approximate surface area is 178 Å². The van der Waals surface area contributed by atoms with Gasteiger partial charge in [0.05, 0.1) is 25.0 Å². The zero-order valence-electron chi connectivity index (χ0n) is 15.7. The van der Waals surface area contributed by atoms with Crippen LogP contribution in [0.1, 0.15) is 21.6 Å². The summed E-state index contributed by atoms with van der Waals surface area (Å²) in [6.07, 6.45) is 0. The molecule has 0 unspecified atom stereocenters. The van der Waals surface area contributed by atoms with Gasteiger partial charge in [-0.05, 0) is 45.8 Å². The maximum atomic E-state index is 14.0. The number of ether oxygens (including phenoxy) is 2. The first-order chi connectivity index (χ1) is 14.3. The van der Waals surface area contributed by atoms with Gasteiger partial charge in [-0.2, -0.15) is 0 Å². The lowest BCUT2D eigenvalue weighted by molar-refractivity contribution is 0.0600. The van der Waals surface area contributed by atoms with E-state index in [2.05, 4.69) is 20.9 Å². The van der Waals surface area contributed by atoms with Crippen LogP contribution in [0.2, 0.25) is 0 Å². The molecule has 0 fully saturated rings. The number of hydrogen-bond acceptors (Lipinski definition) is 5. The van der Waals surface area contributed by atoms with Gasteiger partial charge in [0, 0.05) is 17.2 Å². The van der Waals surface area contributed by atoms with Gasteiger partial charge in [0.25, 0.3) is 5.56 Å². The highest BCUT2D eigenvalue weighted by atomic mass is 79.9. The van der Waals surface area contributed by atoms with Crippen LogP contribution in [-0.4, -0.2) is 23.2 Å². The lowest BCUT2D eigenvalue weighted by atomic mass is 10.0. The largest absolute Gasteiger partial charge is 0.487 e. The molecule has 6 nitrogen and oxygen atoms in total. The minimum Gasteiger partial charge on any atom is -0.487 e. The molecule has 0 aliphatic heterocycles. The third-order valence-corrected chi connectivity index (χ3v) is 5.03. The summed E-state index contributed by atoms with van der Waals surface area (Å²) in [5, 5.41) is 9.77. The number of aromatic amines is 1. The molecule has 156 valence electrons. The van der Waals surface area contributed by atoms with Crippen molar-refractivity contribution in [2.24, 2.45) is 0 Å². The molecule has 30 heavy (non-hydrogen) atoms. The van der Waals surface area contributed by atoms with Gasteiger partial charge in [-0.3, -0.25) is 4.79 Å². The van der Waals surface area contributed by atoms with Crippen LogP contribution in [0.5, 0.6) is 5.75 Å². The van der Waals surface area contributed by atoms with Crippen LogP contribution in [0.15, 0.2) is 51.7 Å². The molecule has 2 N–H and O–H groups in total. The average Bonchev–Trinajstić information content (AvgIpc) is 2.74. The molecule has 0 aliphatic carbocycles. The molecule has 3 rings (SSSR count). The Morgan fingerprint density at radius 3 is 2.63 bits per heavy atom. The Hall–Kier alpha value is -3.04. The van der Waals surface area contributed by atoms with Crippen LogP contribution >= 0.6 is 15.9 Å². The maximum Gasteiger partial charge on any atom is 0.337 e. The van der Waals surface area contributed by atoms with E-state index in [9.17, 15) is 23.5 Å². The number of aliphatic hydroxyl groups excluding tert-OH is 1. The number of nitrogens with one attached hydrogen (secondary N) is 1. The van der Waals surface area contributed by atoms with Crippen LogP contribution in [0.3, 0.4) is 0 Å². The minimum absolute atomic E-state index is 0.0145. The van der Waals surface area contributed by atoms with Crippen molar-refractivity contribution in [1.82, 2.24) is 4.98 Å². The fraction of sp³-hybridized carbons (Fsp3) is 0.143. The number of carbonyl (C=O) groups is 1. The minimum atomic E-state index is -0.799. The lowest BCUT2D eigenvalue weighted by Gasteiger charge is -2.17. The third-order valence-electron chi connectivity index (χ3n) is 4.31. The molecular formula is C21H16BrF2NO5. The number of H-pyrrole nitrogens is 1. The van der Waals surface area contributed by atoms with Crippen LogP contribution in [0.25, 0.3) is 11.1 Å². The molecule has 2 aromatic carbocycles. The van der Waals surface area contributed by atoms with Gasteiger partial charge in [0.15, 0.2) is 0 Å². The summed E-state index contributed by atoms with van der Waals surface area (Å²) in [6.45, 7) is -0.829. The molecular weight excluding hydrogens is 464 g/mol. The van der Waals surface area contributed by atoms with Gasteiger partial charge in [0.2, 0.25) is 0 Å². The summed E-state index contributed by atoms with van der Waals surface area (Å²) in [7, 11) is 1.25. The standard InChI is InChI=1S/C21H16BrF2NO5/c1-29-21(28)12-4-2-3-11(7-12)17-16(9-26)25-20(27)18(22)19(17)30-10-13-5-6-14(23)8-15(13)24/h2-8,26H,9-10H2,1H3,(H,25,27). The number of halogens is 3. The first kappa shape index (κ1) is 21.7. The number of hydrogen-bond donors (Lipinski definition) is 2. The predicted octanol–water partition coefficient (Wildman–Crippen LogP) is 3.94. The van der Waals surface area contributed by atoms with Crippen molar-refractivity contribution in [2.75, 3.05) is 7.11 Å². The molecule has 0 spiro atoms. The van der Waals surface area contributed by atoms with E-state index >= 15 is 0 Å². The number of aromatic nitrogens is 1. The molecule has 9 heteroatoms. The highest BCUT2D eigenvalue weighted by Crippen LogP contribution is 2.37. The van der Waals surface area contributed by atoms with Crippen molar-refractivity contribution in [3.8, 4) is 16.9 Å². The topological polar surface area (TPSA) is 88.6 Å². The highest BCUT2D eigenvalue weighted by Gasteiger charge is 2.21. The molecule has 0 bridgehead atoms. The average molecular weight is 480 g/mol. The van der Waals surface area contributed by atoms with E-state index in [4.69, 9.17) is 9.47 Å². The first-order valence-electron chi connectivity index (χ1n) is 8.66. The van der Waals surface area contributed by atoms with Crippen molar-refractivity contribution < 1.29 is 28.2 Å². The van der Waals surface area contributed by atoms with Crippen LogP contribution in [-0.2, 0) is 18.0 Å². The van der Waals surface area contributed by atoms with E-state index in [-0.39, 0.29) is 33.6 Å². The van der Waals surface area contributed by atoms with E-state index < -0.39 is 29.8 Å². The van der Waals surface area contributed by atoms with Crippen LogP contribution in [0.4, 0.5) is 8.78 Å². The van der Waals surface area contributed by atoms with E-state index in [1.54, 1.807) is 18.2 Å². The number of carbonyl (C=O) groups excluding carboxylic acids is 1. The zero-order valence-corrected chi connectivity index (χ0v) is 17.3. The smallest absolute Gasteiger partial charge is 0.337 e. The second kappa shape index (κ2) is 9.19. The van der Waals surface area contributed by atoms with E-state index in [0.717, 1.165) is 12.1 Å². The number of rotatable bonds is 6. The second-order valence-electron chi connectivity index (χ2n) is 6.21. The molecule has 3 aromatic rings. The Morgan fingerprint density at radius 1 is 1.20 bits per heavy atom. The monoisotopic (exact) mass is 479 g/mol. The fourth-order valence-corrected chi connectivity index (χ4v) is 3.28. The van der Waals surface area contributed by atoms with Crippen molar-refractivity contribution in [1.29, 1.82) is 0 Å². The van der Waals surface area contributed by atoms with Crippen LogP contribution in [0, 0.1) is 11.6 Å². The normalized spacial score (nSPS) is 10.7. The molecule has 0 amide bonds. The van der Waals surface area contributed by atoms with E-state index in [1.165, 1.54) is 19.2 Å². The molecule has 1 aromatic heterocycles. The summed E-state index contributed by atoms with van der Waals surface area (Å²) in [6, 6.07) is 9.36. The zero-order chi connectivity index (χ0) is 21.8. The molecule has 0 aliphatic rings. The van der Waals surface area contributed by atoms with Crippen LogP contribution < -0.4 is 10.3 Å². The number of benzene rings is 2. The van der Waals surface area contributed by atoms with E-state index in [0.29, 0.717) is 11.1 Å². The number of esters is 1. The number of aliphatic hydroxyl groups is 1. The first-order valence-corrected chi connectivity index (χ1v) is 9.46. The van der Waals surface area contributed by atoms with Crippen molar-refractivity contribution >= 4 is 21.9 Å². The van der Waals surface area contributed by atoms with Crippen molar-refractivity contribution in [3.05, 3.63) is 85.7 Å². The molecule has 0 saturated carbocycles. The summed E-state index contributed by atoms with van der Waals surface area (Å²) >= 11 is 3.16. The molecule has 0 atom stereocenters. The Balaban J connectivity index is 2.12. The molecule has 0 radical (unpaired) electrons. The summed E-state index contributed by atoms with van der Waals surface area (Å²) in [4.78, 5) is 26.7. The molecule has 0 saturated heterocycles. The van der Waals surface area contributed by atoms with Gasteiger partial charge in [0.1, 0.15) is 28.5 Å². The predicted molar refractivity (Wildman–Crippen MR) is 108 cm³/mol. The number of methoxy groups -OCH3 is 1.